The maximum atomic E-state index is 14.6. The number of methoxy groups -OCH3 is 2. The van der Waals surface area contributed by atoms with E-state index in [1.165, 1.54) is 24.0 Å². The van der Waals surface area contributed by atoms with E-state index in [1.807, 2.05) is 58.5 Å². The lowest BCUT2D eigenvalue weighted by molar-refractivity contribution is -0.136. The van der Waals surface area contributed by atoms with Crippen molar-refractivity contribution in [3.05, 3.63) is 117 Å². The van der Waals surface area contributed by atoms with Crippen LogP contribution >= 0.6 is 31.9 Å². The van der Waals surface area contributed by atoms with Crippen molar-refractivity contribution in [3.8, 4) is 11.5 Å². The van der Waals surface area contributed by atoms with Crippen molar-refractivity contribution < 1.29 is 28.7 Å². The molecule has 12 heteroatoms. The first-order valence-corrected chi connectivity index (χ1v) is 16.9. The molecular formula is C36H28Br2N4O6. The Morgan fingerprint density at radius 2 is 0.875 bits per heavy atom. The van der Waals surface area contributed by atoms with Crippen LogP contribution in [-0.4, -0.2) is 59.9 Å². The fraction of sp³-hybridized carbons (Fsp3) is 0.222. The first-order chi connectivity index (χ1) is 23.2. The predicted octanol–water partition coefficient (Wildman–Crippen LogP) is 5.67. The molecule has 4 aliphatic heterocycles. The van der Waals surface area contributed by atoms with Crippen molar-refractivity contribution in [2.24, 2.45) is 11.8 Å². The van der Waals surface area contributed by atoms with Crippen LogP contribution in [0.2, 0.25) is 0 Å². The van der Waals surface area contributed by atoms with Gasteiger partial charge < -0.3 is 9.47 Å². The predicted molar refractivity (Wildman–Crippen MR) is 183 cm³/mol. The third-order valence-electron chi connectivity index (χ3n) is 9.77. The lowest BCUT2D eigenvalue weighted by atomic mass is 9.84. The highest BCUT2D eigenvalue weighted by molar-refractivity contribution is 9.10. The largest absolute Gasteiger partial charge is 0.497 e. The number of fused-ring (bicyclic) bond motifs is 5. The number of anilines is 2. The molecule has 4 aromatic rings. The van der Waals surface area contributed by atoms with Gasteiger partial charge in [0.05, 0.1) is 49.5 Å². The van der Waals surface area contributed by atoms with Crippen LogP contribution in [0.15, 0.2) is 106 Å². The minimum Gasteiger partial charge on any atom is -0.497 e. The first kappa shape index (κ1) is 30.9. The van der Waals surface area contributed by atoms with Gasteiger partial charge in [-0.1, -0.05) is 68.3 Å². The molecule has 4 fully saturated rings. The molecule has 4 amide bonds. The Labute approximate surface area is 293 Å². The van der Waals surface area contributed by atoms with Crippen LogP contribution in [0.1, 0.15) is 23.2 Å². The number of ether oxygens (including phenoxy) is 2. The Balaban J connectivity index is 1.32. The van der Waals surface area contributed by atoms with Crippen LogP contribution in [0, 0.1) is 11.8 Å². The van der Waals surface area contributed by atoms with Crippen molar-refractivity contribution in [1.82, 2.24) is 10.0 Å². The minimum absolute atomic E-state index is 0.381. The smallest absolute Gasteiger partial charge is 0.253 e. The van der Waals surface area contributed by atoms with Crippen molar-refractivity contribution in [2.45, 2.75) is 24.2 Å². The first-order valence-electron chi connectivity index (χ1n) is 15.3. The van der Waals surface area contributed by atoms with Crippen molar-refractivity contribution >= 4 is 66.9 Å². The van der Waals surface area contributed by atoms with E-state index in [9.17, 15) is 19.2 Å². The van der Waals surface area contributed by atoms with Gasteiger partial charge in [0.1, 0.15) is 23.6 Å². The number of rotatable bonds is 6. The second kappa shape index (κ2) is 11.7. The summed E-state index contributed by atoms with van der Waals surface area (Å²) in [5.74, 6) is -2.32. The molecule has 242 valence electrons. The Kier molecular flexibility index (Phi) is 7.51. The summed E-state index contributed by atoms with van der Waals surface area (Å²) < 4.78 is 12.5. The molecule has 0 spiro atoms. The van der Waals surface area contributed by atoms with Gasteiger partial charge in [-0.2, -0.15) is 0 Å². The highest BCUT2D eigenvalue weighted by atomic mass is 79.9. The summed E-state index contributed by atoms with van der Waals surface area (Å²) >= 11 is 7.02. The van der Waals surface area contributed by atoms with E-state index >= 15 is 0 Å². The Hall–Kier alpha value is -4.36. The van der Waals surface area contributed by atoms with Crippen LogP contribution < -0.4 is 19.3 Å². The minimum atomic E-state index is -0.970. The summed E-state index contributed by atoms with van der Waals surface area (Å²) in [4.78, 5) is 60.9. The summed E-state index contributed by atoms with van der Waals surface area (Å²) in [5, 5.41) is 3.71. The number of hydrogen-bond acceptors (Lipinski definition) is 8. The summed E-state index contributed by atoms with van der Waals surface area (Å²) in [6, 6.07) is 25.4. The zero-order valence-electron chi connectivity index (χ0n) is 25.7. The average molecular weight is 772 g/mol. The number of carbonyl (C=O) groups is 4. The molecule has 0 aromatic heterocycles. The number of amides is 4. The Morgan fingerprint density at radius 1 is 0.500 bits per heavy atom. The van der Waals surface area contributed by atoms with Crippen molar-refractivity contribution in [3.63, 3.8) is 0 Å². The molecule has 4 heterocycles. The second-order valence-electron chi connectivity index (χ2n) is 12.1. The molecule has 0 aliphatic carbocycles. The van der Waals surface area contributed by atoms with Crippen LogP contribution in [0.4, 0.5) is 11.4 Å². The number of nitrogens with zero attached hydrogens (tertiary/aromatic N) is 4. The van der Waals surface area contributed by atoms with E-state index in [2.05, 4.69) is 31.9 Å². The van der Waals surface area contributed by atoms with Gasteiger partial charge in [-0.05, 0) is 59.7 Å². The molecule has 4 aromatic carbocycles. The van der Waals surface area contributed by atoms with Gasteiger partial charge in [0.15, 0.2) is 0 Å². The van der Waals surface area contributed by atoms with Gasteiger partial charge in [0.2, 0.25) is 11.8 Å². The number of carbonyl (C=O) groups excluding carboxylic acids is 4. The summed E-state index contributed by atoms with van der Waals surface area (Å²) in [7, 11) is 3.05. The lowest BCUT2D eigenvalue weighted by Crippen LogP contribution is -2.50. The maximum absolute atomic E-state index is 14.6. The zero-order valence-corrected chi connectivity index (χ0v) is 28.9. The van der Waals surface area contributed by atoms with E-state index in [0.29, 0.717) is 22.9 Å². The van der Waals surface area contributed by atoms with Crippen LogP contribution in [0.25, 0.3) is 0 Å². The molecule has 4 saturated heterocycles. The maximum Gasteiger partial charge on any atom is 0.253 e. The SMILES string of the molecule is COc1cccc(N2C(=O)C3C(C2=O)N2C(c4ccc(Br)cc4)C4C(=O)N(c5cccc(OC)c5)C(=O)C4N2C3c2ccc(Br)cc2)c1. The van der Waals surface area contributed by atoms with Crippen molar-refractivity contribution in [1.29, 1.82) is 0 Å². The summed E-state index contributed by atoms with van der Waals surface area (Å²) in [6.45, 7) is 0. The van der Waals surface area contributed by atoms with E-state index in [1.54, 1.807) is 48.5 Å². The average Bonchev–Trinajstić information content (AvgIpc) is 3.77. The standard InChI is InChI=1S/C36H28Br2N4O6/c1-47-25-7-3-5-23(17-25)39-33(43)27-29(19-9-13-21(37)14-10-19)42-32-28(34(44)40(36(32)46)24-6-4-8-26(18-24)48-2)30(41(42)31(27)35(39)45)20-11-15-22(38)16-12-20/h3-18,27-32H,1-2H3. The number of hydrazine groups is 1. The topological polar surface area (TPSA) is 99.7 Å². The van der Waals surface area contributed by atoms with E-state index in [-0.39, 0.29) is 11.8 Å². The van der Waals surface area contributed by atoms with Crippen molar-refractivity contribution in [2.75, 3.05) is 24.0 Å². The molecule has 6 atom stereocenters. The van der Waals surface area contributed by atoms with Crippen LogP contribution in [-0.2, 0) is 19.2 Å². The number of imide groups is 2. The molecule has 0 bridgehead atoms. The van der Waals surface area contributed by atoms with Gasteiger partial charge in [-0.3, -0.25) is 19.2 Å². The van der Waals surface area contributed by atoms with Gasteiger partial charge in [-0.15, -0.1) is 0 Å². The van der Waals surface area contributed by atoms with E-state index < -0.39 is 47.8 Å². The molecule has 0 N–H and O–H groups in total. The van der Waals surface area contributed by atoms with Crippen LogP contribution in [0.3, 0.4) is 0 Å². The van der Waals surface area contributed by atoms with E-state index in [4.69, 9.17) is 9.47 Å². The third kappa shape index (κ3) is 4.50. The molecule has 4 aliphatic rings. The summed E-state index contributed by atoms with van der Waals surface area (Å²) in [5.41, 5.74) is 2.30. The quantitative estimate of drug-likeness (QED) is 0.231. The molecule has 0 saturated carbocycles. The molecule has 10 nitrogen and oxygen atoms in total. The second-order valence-corrected chi connectivity index (χ2v) is 14.0. The van der Waals surface area contributed by atoms with Gasteiger partial charge in [-0.25, -0.2) is 19.8 Å². The third-order valence-corrected chi connectivity index (χ3v) is 10.8. The van der Waals surface area contributed by atoms with E-state index in [0.717, 1.165) is 20.1 Å². The molecule has 8 rings (SSSR count). The fourth-order valence-electron chi connectivity index (χ4n) is 7.83. The summed E-state index contributed by atoms with van der Waals surface area (Å²) in [6.07, 6.45) is 0. The molecule has 48 heavy (non-hydrogen) atoms. The molecule has 6 unspecified atom stereocenters. The molecular weight excluding hydrogens is 744 g/mol. The fourth-order valence-corrected chi connectivity index (χ4v) is 8.35. The Bertz CT molecular complexity index is 1850. The number of benzene rings is 4. The van der Waals surface area contributed by atoms with Crippen LogP contribution in [0.5, 0.6) is 11.5 Å². The highest BCUT2D eigenvalue weighted by Gasteiger charge is 2.73. The zero-order chi connectivity index (χ0) is 33.4. The van der Waals surface area contributed by atoms with Gasteiger partial charge in [0.25, 0.3) is 11.8 Å². The normalized spacial score (nSPS) is 26.7. The van der Waals surface area contributed by atoms with Gasteiger partial charge in [0, 0.05) is 21.1 Å². The number of halogens is 2. The monoisotopic (exact) mass is 770 g/mol. The highest BCUT2D eigenvalue weighted by Crippen LogP contribution is 2.60. The van der Waals surface area contributed by atoms with Gasteiger partial charge >= 0.3 is 0 Å². The number of hydrogen-bond donors (Lipinski definition) is 0. The Morgan fingerprint density at radius 3 is 1.23 bits per heavy atom. The molecule has 0 radical (unpaired) electrons. The lowest BCUT2D eigenvalue weighted by Gasteiger charge is -2.35.